The Bertz CT molecular complexity index is 511. The van der Waals surface area contributed by atoms with Crippen molar-refractivity contribution in [3.8, 4) is 5.75 Å². The van der Waals surface area contributed by atoms with Gasteiger partial charge in [0.05, 0.1) is 18.6 Å². The maximum absolute atomic E-state index is 11.4. The smallest absolute Gasteiger partial charge is 0.150 e. The second-order valence-electron chi connectivity index (χ2n) is 5.00. The van der Waals surface area contributed by atoms with Crippen LogP contribution in [0.2, 0.25) is 0 Å². The summed E-state index contributed by atoms with van der Waals surface area (Å²) < 4.78 is 28.2. The van der Waals surface area contributed by atoms with Crippen LogP contribution in [-0.4, -0.2) is 32.6 Å². The quantitative estimate of drug-likeness (QED) is 0.893. The first kappa shape index (κ1) is 13.4. The molecule has 1 aromatic carbocycles. The van der Waals surface area contributed by atoms with Crippen LogP contribution in [0.4, 0.5) is 0 Å². The van der Waals surface area contributed by atoms with Crippen LogP contribution in [0.15, 0.2) is 24.3 Å². The van der Waals surface area contributed by atoms with Crippen LogP contribution in [0.25, 0.3) is 0 Å². The molecule has 0 aliphatic carbocycles. The molecule has 1 saturated heterocycles. The van der Waals surface area contributed by atoms with Gasteiger partial charge in [-0.2, -0.15) is 0 Å². The summed E-state index contributed by atoms with van der Waals surface area (Å²) >= 11 is 0. The molecule has 2 rings (SSSR count). The van der Waals surface area contributed by atoms with E-state index in [-0.39, 0.29) is 11.5 Å². The van der Waals surface area contributed by atoms with Crippen molar-refractivity contribution in [1.29, 1.82) is 0 Å². The topological polar surface area (TPSA) is 69.4 Å². The van der Waals surface area contributed by atoms with E-state index in [2.05, 4.69) is 0 Å². The van der Waals surface area contributed by atoms with Crippen molar-refractivity contribution in [2.45, 2.75) is 24.8 Å². The van der Waals surface area contributed by atoms with E-state index in [0.29, 0.717) is 19.3 Å². The molecule has 1 aromatic rings. The molecule has 5 heteroatoms. The summed E-state index contributed by atoms with van der Waals surface area (Å²) in [6.07, 6.45) is 1.70. The molecule has 100 valence electrons. The Kier molecular flexibility index (Phi) is 3.64. The largest absolute Gasteiger partial charge is 0.496 e. The second-order valence-corrected chi connectivity index (χ2v) is 7.31. The molecule has 4 nitrogen and oxygen atoms in total. The highest BCUT2D eigenvalue weighted by atomic mass is 32.2. The number of para-hydroxylation sites is 1. The lowest BCUT2D eigenvalue weighted by atomic mass is 9.86. The van der Waals surface area contributed by atoms with Crippen LogP contribution in [0.1, 0.15) is 18.4 Å². The van der Waals surface area contributed by atoms with Gasteiger partial charge in [-0.1, -0.05) is 18.2 Å². The molecule has 18 heavy (non-hydrogen) atoms. The Labute approximate surface area is 108 Å². The van der Waals surface area contributed by atoms with Crippen molar-refractivity contribution in [2.24, 2.45) is 5.73 Å². The van der Waals surface area contributed by atoms with Gasteiger partial charge in [0.15, 0.2) is 0 Å². The fourth-order valence-electron chi connectivity index (χ4n) is 2.35. The first-order valence-electron chi connectivity index (χ1n) is 6.05. The van der Waals surface area contributed by atoms with Gasteiger partial charge in [-0.3, -0.25) is 0 Å². The number of methoxy groups -OCH3 is 1. The fraction of sp³-hybridized carbons (Fsp3) is 0.538. The highest BCUT2D eigenvalue weighted by Gasteiger charge is 2.34. The molecule has 0 saturated carbocycles. The summed E-state index contributed by atoms with van der Waals surface area (Å²) in [4.78, 5) is 0. The minimum atomic E-state index is -2.87. The average molecular weight is 269 g/mol. The highest BCUT2D eigenvalue weighted by Crippen LogP contribution is 2.29. The van der Waals surface area contributed by atoms with Crippen molar-refractivity contribution < 1.29 is 13.2 Å². The lowest BCUT2D eigenvalue weighted by molar-refractivity contribution is 0.363. The van der Waals surface area contributed by atoms with Gasteiger partial charge in [-0.05, 0) is 30.9 Å². The van der Waals surface area contributed by atoms with E-state index in [1.54, 1.807) is 7.11 Å². The van der Waals surface area contributed by atoms with Crippen LogP contribution in [0, 0.1) is 0 Å². The van der Waals surface area contributed by atoms with Gasteiger partial charge >= 0.3 is 0 Å². The van der Waals surface area contributed by atoms with Crippen molar-refractivity contribution in [3.05, 3.63) is 29.8 Å². The first-order valence-corrected chi connectivity index (χ1v) is 7.87. The van der Waals surface area contributed by atoms with Crippen molar-refractivity contribution in [1.82, 2.24) is 0 Å². The molecule has 0 bridgehead atoms. The molecule has 1 heterocycles. The minimum absolute atomic E-state index is 0.193. The highest BCUT2D eigenvalue weighted by molar-refractivity contribution is 7.91. The van der Waals surface area contributed by atoms with Gasteiger partial charge in [0, 0.05) is 5.54 Å². The Hall–Kier alpha value is -1.07. The Morgan fingerprint density at radius 2 is 1.89 bits per heavy atom. The number of nitrogens with two attached hydrogens (primary N) is 1. The van der Waals surface area contributed by atoms with Crippen LogP contribution in [0.5, 0.6) is 5.75 Å². The maximum Gasteiger partial charge on any atom is 0.150 e. The predicted molar refractivity (Wildman–Crippen MR) is 71.5 cm³/mol. The number of hydrogen-bond donors (Lipinski definition) is 1. The zero-order valence-corrected chi connectivity index (χ0v) is 11.4. The Morgan fingerprint density at radius 1 is 1.28 bits per heavy atom. The Morgan fingerprint density at radius 3 is 2.50 bits per heavy atom. The fourth-order valence-corrected chi connectivity index (χ4v) is 3.99. The monoisotopic (exact) mass is 269 g/mol. The summed E-state index contributed by atoms with van der Waals surface area (Å²) in [5, 5.41) is 0. The van der Waals surface area contributed by atoms with Crippen LogP contribution >= 0.6 is 0 Å². The van der Waals surface area contributed by atoms with Crippen LogP contribution in [0.3, 0.4) is 0 Å². The van der Waals surface area contributed by atoms with Gasteiger partial charge in [0.1, 0.15) is 15.6 Å². The molecule has 0 aromatic heterocycles. The third kappa shape index (κ3) is 3.03. The van der Waals surface area contributed by atoms with E-state index in [0.717, 1.165) is 11.3 Å². The van der Waals surface area contributed by atoms with Gasteiger partial charge in [-0.15, -0.1) is 0 Å². The van der Waals surface area contributed by atoms with Crippen molar-refractivity contribution in [3.63, 3.8) is 0 Å². The van der Waals surface area contributed by atoms with Crippen LogP contribution < -0.4 is 10.5 Å². The Balaban J connectivity index is 2.14. The molecule has 0 atom stereocenters. The summed E-state index contributed by atoms with van der Waals surface area (Å²) in [6, 6.07) is 7.74. The molecule has 1 fully saturated rings. The molecule has 0 radical (unpaired) electrons. The molecular formula is C13H19NO3S. The number of benzene rings is 1. The van der Waals surface area contributed by atoms with Gasteiger partial charge in [-0.25, -0.2) is 8.42 Å². The maximum atomic E-state index is 11.4. The third-order valence-corrected chi connectivity index (χ3v) is 5.21. The SMILES string of the molecule is COc1ccccc1CC1(N)CCS(=O)(=O)CC1. The van der Waals surface area contributed by atoms with E-state index < -0.39 is 15.4 Å². The summed E-state index contributed by atoms with van der Waals surface area (Å²) in [6.45, 7) is 0. The first-order chi connectivity index (χ1) is 8.44. The predicted octanol–water partition coefficient (Wildman–Crippen LogP) is 1.14. The lowest BCUT2D eigenvalue weighted by Crippen LogP contribution is -2.48. The van der Waals surface area contributed by atoms with Gasteiger partial charge in [0.25, 0.3) is 0 Å². The third-order valence-electron chi connectivity index (χ3n) is 3.56. The summed E-state index contributed by atoms with van der Waals surface area (Å²) in [5.41, 5.74) is 6.93. The number of sulfone groups is 1. The number of rotatable bonds is 3. The summed E-state index contributed by atoms with van der Waals surface area (Å²) in [5.74, 6) is 1.20. The van der Waals surface area contributed by atoms with E-state index in [1.165, 1.54) is 0 Å². The van der Waals surface area contributed by atoms with Gasteiger partial charge in [0.2, 0.25) is 0 Å². The molecule has 0 unspecified atom stereocenters. The normalized spacial score (nSPS) is 21.4. The van der Waals surface area contributed by atoms with E-state index >= 15 is 0 Å². The second kappa shape index (κ2) is 4.90. The number of ether oxygens (including phenoxy) is 1. The molecule has 2 N–H and O–H groups in total. The van der Waals surface area contributed by atoms with Crippen molar-refractivity contribution in [2.75, 3.05) is 18.6 Å². The average Bonchev–Trinajstić information content (AvgIpc) is 2.34. The van der Waals surface area contributed by atoms with Crippen molar-refractivity contribution >= 4 is 9.84 Å². The van der Waals surface area contributed by atoms with E-state index in [9.17, 15) is 8.42 Å². The zero-order valence-electron chi connectivity index (χ0n) is 10.6. The molecular weight excluding hydrogens is 250 g/mol. The van der Waals surface area contributed by atoms with E-state index in [1.807, 2.05) is 24.3 Å². The number of hydrogen-bond acceptors (Lipinski definition) is 4. The lowest BCUT2D eigenvalue weighted by Gasteiger charge is -2.33. The molecule has 1 aliphatic rings. The zero-order chi connectivity index (χ0) is 13.2. The van der Waals surface area contributed by atoms with Crippen LogP contribution in [-0.2, 0) is 16.3 Å². The minimum Gasteiger partial charge on any atom is -0.496 e. The molecule has 1 aliphatic heterocycles. The molecule has 0 spiro atoms. The van der Waals surface area contributed by atoms with Gasteiger partial charge < -0.3 is 10.5 Å². The van der Waals surface area contributed by atoms with E-state index in [4.69, 9.17) is 10.5 Å². The standard InChI is InChI=1S/C13H19NO3S/c1-17-12-5-3-2-4-11(12)10-13(14)6-8-18(15,16)9-7-13/h2-5H,6-10,14H2,1H3. The molecule has 0 amide bonds. The summed E-state index contributed by atoms with van der Waals surface area (Å²) in [7, 11) is -1.24.